The van der Waals surface area contributed by atoms with Crippen LogP contribution in [0.2, 0.25) is 0 Å². The van der Waals surface area contributed by atoms with Crippen molar-refractivity contribution in [1.29, 1.82) is 0 Å². The molecule has 2 aliphatic rings. The molecule has 0 unspecified atom stereocenters. The molecular weight excluding hydrogens is 227 g/mol. The zero-order valence-electron chi connectivity index (χ0n) is 7.88. The van der Waals surface area contributed by atoms with Gasteiger partial charge in [-0.3, -0.25) is 4.79 Å². The topological polar surface area (TPSA) is 50.4 Å². The van der Waals surface area contributed by atoms with E-state index in [1.54, 1.807) is 0 Å². The van der Waals surface area contributed by atoms with Crippen molar-refractivity contribution in [3.8, 4) is 0 Å². The number of amides is 1. The highest BCUT2D eigenvalue weighted by molar-refractivity contribution is 5.85. The zero-order valence-corrected chi connectivity index (χ0v) is 9.51. The standard InChI is InChI=1S/C8H14N2O2.2ClH/c11-7-5-12-8(6-10-7)1-3-9-4-2-8;;/h9H,1-6H2,(H,10,11);2*1H. The number of carbonyl (C=O) groups excluding carboxylic acids is 1. The number of halogens is 2. The number of rotatable bonds is 0. The lowest BCUT2D eigenvalue weighted by Crippen LogP contribution is -2.56. The first-order valence-electron chi connectivity index (χ1n) is 4.42. The van der Waals surface area contributed by atoms with E-state index < -0.39 is 0 Å². The molecule has 0 atom stereocenters. The Balaban J connectivity index is 0.000000845. The molecule has 2 saturated heterocycles. The van der Waals surface area contributed by atoms with Gasteiger partial charge in [0.2, 0.25) is 5.91 Å². The van der Waals surface area contributed by atoms with Crippen LogP contribution in [-0.4, -0.2) is 37.7 Å². The maximum absolute atomic E-state index is 10.8. The number of carbonyl (C=O) groups is 1. The quantitative estimate of drug-likeness (QED) is 0.634. The molecule has 0 aliphatic carbocycles. The second-order valence-corrected chi connectivity index (χ2v) is 3.50. The molecule has 2 N–H and O–H groups in total. The van der Waals surface area contributed by atoms with E-state index in [9.17, 15) is 4.79 Å². The zero-order chi connectivity index (χ0) is 8.44. The van der Waals surface area contributed by atoms with E-state index >= 15 is 0 Å². The number of nitrogens with one attached hydrogen (secondary N) is 2. The van der Waals surface area contributed by atoms with Gasteiger partial charge >= 0.3 is 0 Å². The van der Waals surface area contributed by atoms with Crippen LogP contribution in [-0.2, 0) is 9.53 Å². The first kappa shape index (κ1) is 14.0. The van der Waals surface area contributed by atoms with E-state index in [-0.39, 0.29) is 42.9 Å². The fourth-order valence-corrected chi connectivity index (χ4v) is 1.78. The maximum Gasteiger partial charge on any atom is 0.246 e. The lowest BCUT2D eigenvalue weighted by molar-refractivity contribution is -0.146. The van der Waals surface area contributed by atoms with Gasteiger partial charge in [0.1, 0.15) is 6.61 Å². The van der Waals surface area contributed by atoms with E-state index in [4.69, 9.17) is 4.74 Å². The van der Waals surface area contributed by atoms with E-state index in [2.05, 4.69) is 10.6 Å². The Bertz CT molecular complexity index is 184. The van der Waals surface area contributed by atoms with Crippen LogP contribution in [0.3, 0.4) is 0 Å². The van der Waals surface area contributed by atoms with Crippen LogP contribution in [0, 0.1) is 0 Å². The van der Waals surface area contributed by atoms with Gasteiger partial charge in [0.15, 0.2) is 0 Å². The molecule has 2 heterocycles. The Kier molecular flexibility index (Phi) is 5.74. The summed E-state index contributed by atoms with van der Waals surface area (Å²) < 4.78 is 5.57. The van der Waals surface area contributed by atoms with Crippen molar-refractivity contribution in [3.63, 3.8) is 0 Å². The van der Waals surface area contributed by atoms with Gasteiger partial charge in [-0.15, -0.1) is 24.8 Å². The number of piperidine rings is 1. The van der Waals surface area contributed by atoms with Crippen LogP contribution in [0.1, 0.15) is 12.8 Å². The fourth-order valence-electron chi connectivity index (χ4n) is 1.78. The Morgan fingerprint density at radius 3 is 2.36 bits per heavy atom. The Morgan fingerprint density at radius 1 is 1.21 bits per heavy atom. The van der Waals surface area contributed by atoms with Gasteiger partial charge in [0, 0.05) is 6.54 Å². The molecule has 0 aromatic carbocycles. The van der Waals surface area contributed by atoms with Crippen molar-refractivity contribution in [2.24, 2.45) is 0 Å². The molecule has 0 radical (unpaired) electrons. The predicted octanol–water partition coefficient (Wildman–Crippen LogP) is 0.0986. The third-order valence-corrected chi connectivity index (χ3v) is 2.63. The normalized spacial score (nSPS) is 24.4. The summed E-state index contributed by atoms with van der Waals surface area (Å²) in [5, 5.41) is 6.13. The first-order chi connectivity index (χ1) is 5.81. The Morgan fingerprint density at radius 2 is 1.86 bits per heavy atom. The molecule has 14 heavy (non-hydrogen) atoms. The summed E-state index contributed by atoms with van der Waals surface area (Å²) >= 11 is 0. The predicted molar refractivity (Wildman–Crippen MR) is 58.3 cm³/mol. The van der Waals surface area contributed by atoms with Crippen LogP contribution in [0.25, 0.3) is 0 Å². The summed E-state index contributed by atoms with van der Waals surface area (Å²) in [5.74, 6) is 0.0131. The molecule has 6 heteroatoms. The smallest absolute Gasteiger partial charge is 0.246 e. The number of morpholine rings is 1. The van der Waals surface area contributed by atoms with Gasteiger partial charge in [0.25, 0.3) is 0 Å². The van der Waals surface area contributed by atoms with Crippen molar-refractivity contribution in [3.05, 3.63) is 0 Å². The molecule has 1 amide bonds. The third kappa shape index (κ3) is 2.98. The summed E-state index contributed by atoms with van der Waals surface area (Å²) in [6.07, 6.45) is 2.01. The minimum Gasteiger partial charge on any atom is -0.363 e. The monoisotopic (exact) mass is 242 g/mol. The maximum atomic E-state index is 10.8. The van der Waals surface area contributed by atoms with Crippen LogP contribution in [0.5, 0.6) is 0 Å². The fraction of sp³-hybridized carbons (Fsp3) is 0.875. The number of hydrogen-bond donors (Lipinski definition) is 2. The highest BCUT2D eigenvalue weighted by Crippen LogP contribution is 2.23. The van der Waals surface area contributed by atoms with Gasteiger partial charge in [-0.2, -0.15) is 0 Å². The largest absolute Gasteiger partial charge is 0.363 e. The average molecular weight is 243 g/mol. The minimum absolute atomic E-state index is 0. The van der Waals surface area contributed by atoms with E-state index in [0.717, 1.165) is 25.9 Å². The van der Waals surface area contributed by atoms with Gasteiger partial charge in [0.05, 0.1) is 5.60 Å². The van der Waals surface area contributed by atoms with Crippen LogP contribution in [0.4, 0.5) is 0 Å². The molecule has 1 spiro atoms. The van der Waals surface area contributed by atoms with Gasteiger partial charge in [-0.25, -0.2) is 0 Å². The van der Waals surface area contributed by atoms with Gasteiger partial charge in [-0.05, 0) is 25.9 Å². The molecule has 2 rings (SSSR count). The lowest BCUT2D eigenvalue weighted by Gasteiger charge is -2.40. The summed E-state index contributed by atoms with van der Waals surface area (Å²) in [7, 11) is 0. The van der Waals surface area contributed by atoms with Crippen LogP contribution in [0.15, 0.2) is 0 Å². The highest BCUT2D eigenvalue weighted by Gasteiger charge is 2.36. The first-order valence-corrected chi connectivity index (χ1v) is 4.42. The molecule has 2 fully saturated rings. The molecule has 2 aliphatic heterocycles. The summed E-state index contributed by atoms with van der Waals surface area (Å²) in [4.78, 5) is 10.8. The SMILES string of the molecule is Cl.Cl.O=C1COC2(CCNCC2)CN1. The molecule has 84 valence electrons. The van der Waals surface area contributed by atoms with Crippen molar-refractivity contribution in [2.45, 2.75) is 18.4 Å². The summed E-state index contributed by atoms with van der Waals surface area (Å²) in [5.41, 5.74) is -0.0564. The molecular formula is C8H16Cl2N2O2. The Hall–Kier alpha value is -0.0300. The molecule has 4 nitrogen and oxygen atoms in total. The summed E-state index contributed by atoms with van der Waals surface area (Å²) in [6.45, 7) is 2.92. The van der Waals surface area contributed by atoms with E-state index in [1.807, 2.05) is 0 Å². The number of hydrogen-bond acceptors (Lipinski definition) is 3. The van der Waals surface area contributed by atoms with Gasteiger partial charge in [-0.1, -0.05) is 0 Å². The van der Waals surface area contributed by atoms with E-state index in [1.165, 1.54) is 0 Å². The van der Waals surface area contributed by atoms with E-state index in [0.29, 0.717) is 6.54 Å². The Labute approximate surface area is 96.0 Å². The molecule has 0 aromatic rings. The average Bonchev–Trinajstić information content (AvgIpc) is 2.13. The van der Waals surface area contributed by atoms with Crippen LogP contribution < -0.4 is 10.6 Å². The lowest BCUT2D eigenvalue weighted by atomic mass is 9.91. The third-order valence-electron chi connectivity index (χ3n) is 2.63. The summed E-state index contributed by atoms with van der Waals surface area (Å²) in [6, 6.07) is 0. The van der Waals surface area contributed by atoms with Crippen molar-refractivity contribution in [2.75, 3.05) is 26.2 Å². The van der Waals surface area contributed by atoms with Gasteiger partial charge < -0.3 is 15.4 Å². The van der Waals surface area contributed by atoms with Crippen LogP contribution >= 0.6 is 24.8 Å². The molecule has 0 aromatic heterocycles. The van der Waals surface area contributed by atoms with Crippen molar-refractivity contribution in [1.82, 2.24) is 10.6 Å². The number of ether oxygens (including phenoxy) is 1. The highest BCUT2D eigenvalue weighted by atomic mass is 35.5. The van der Waals surface area contributed by atoms with Crippen molar-refractivity contribution < 1.29 is 9.53 Å². The second-order valence-electron chi connectivity index (χ2n) is 3.50. The minimum atomic E-state index is -0.0564. The molecule has 0 saturated carbocycles. The van der Waals surface area contributed by atoms with Crippen molar-refractivity contribution >= 4 is 30.7 Å². The molecule has 0 bridgehead atoms. The second kappa shape index (κ2) is 5.75.